The van der Waals surface area contributed by atoms with E-state index < -0.39 is 23.4 Å². The summed E-state index contributed by atoms with van der Waals surface area (Å²) < 4.78 is 6.63. The lowest BCUT2D eigenvalue weighted by Gasteiger charge is -2.22. The van der Waals surface area contributed by atoms with Gasteiger partial charge >= 0.3 is 6.03 Å². The van der Waals surface area contributed by atoms with E-state index in [0.717, 1.165) is 4.90 Å². The van der Waals surface area contributed by atoms with Gasteiger partial charge < -0.3 is 15.4 Å². The van der Waals surface area contributed by atoms with E-state index in [1.165, 1.54) is 10.9 Å². The zero-order valence-electron chi connectivity index (χ0n) is 14.6. The number of hydrogen-bond acceptors (Lipinski definition) is 5. The summed E-state index contributed by atoms with van der Waals surface area (Å²) in [4.78, 5) is 38.1. The number of benzene rings is 1. The smallest absolute Gasteiger partial charge is 0.325 e. The van der Waals surface area contributed by atoms with Crippen LogP contribution in [-0.2, 0) is 22.2 Å². The highest BCUT2D eigenvalue weighted by Crippen LogP contribution is 2.29. The Morgan fingerprint density at radius 1 is 1.31 bits per heavy atom. The average Bonchev–Trinajstić information content (AvgIpc) is 3.11. The van der Waals surface area contributed by atoms with Gasteiger partial charge in [-0.15, -0.1) is 0 Å². The number of carbonyl (C=O) groups is 3. The number of aromatic nitrogens is 2. The van der Waals surface area contributed by atoms with E-state index in [1.807, 2.05) is 0 Å². The molecule has 0 unspecified atom stereocenters. The maximum Gasteiger partial charge on any atom is 0.325 e. The summed E-state index contributed by atoms with van der Waals surface area (Å²) in [6.07, 6.45) is 3.09. The third-order valence-corrected chi connectivity index (χ3v) is 4.23. The number of rotatable bonds is 5. The number of anilines is 1. The molecule has 2 aromatic rings. The minimum atomic E-state index is -1.24. The van der Waals surface area contributed by atoms with Crippen molar-refractivity contribution in [2.24, 2.45) is 7.05 Å². The van der Waals surface area contributed by atoms with Crippen LogP contribution in [0.15, 0.2) is 36.7 Å². The number of nitrogens with zero attached hydrogens (tertiary/aromatic N) is 3. The summed E-state index contributed by atoms with van der Waals surface area (Å²) in [7, 11) is 3.26. The molecule has 1 atom stereocenters. The lowest BCUT2D eigenvalue weighted by atomic mass is 9.92. The van der Waals surface area contributed by atoms with Gasteiger partial charge in [0.25, 0.3) is 5.91 Å². The van der Waals surface area contributed by atoms with E-state index in [9.17, 15) is 14.4 Å². The second kappa shape index (κ2) is 6.51. The molecule has 0 saturated carbocycles. The van der Waals surface area contributed by atoms with Gasteiger partial charge in [0, 0.05) is 13.2 Å². The zero-order valence-corrected chi connectivity index (χ0v) is 14.6. The molecule has 0 radical (unpaired) electrons. The lowest BCUT2D eigenvalue weighted by molar-refractivity contribution is -0.133. The van der Waals surface area contributed by atoms with Crippen LogP contribution in [0.1, 0.15) is 12.5 Å². The molecule has 1 saturated heterocycles. The molecule has 2 N–H and O–H groups in total. The van der Waals surface area contributed by atoms with Crippen molar-refractivity contribution in [3.05, 3.63) is 42.2 Å². The largest absolute Gasteiger partial charge is 0.497 e. The maximum atomic E-state index is 12.8. The molecule has 0 bridgehead atoms. The molecule has 3 rings (SSSR count). The summed E-state index contributed by atoms with van der Waals surface area (Å²) in [6, 6.07) is 6.21. The number of ether oxygens (including phenoxy) is 1. The number of imide groups is 1. The molecule has 0 spiro atoms. The first-order valence-electron chi connectivity index (χ1n) is 7.90. The number of amides is 4. The lowest BCUT2D eigenvalue weighted by Crippen LogP contribution is -2.42. The molecule has 1 aliphatic heterocycles. The fourth-order valence-corrected chi connectivity index (χ4v) is 2.79. The number of urea groups is 1. The molecule has 1 aliphatic rings. The van der Waals surface area contributed by atoms with Crippen molar-refractivity contribution < 1.29 is 19.1 Å². The Labute approximate surface area is 149 Å². The van der Waals surface area contributed by atoms with Crippen LogP contribution in [0.25, 0.3) is 0 Å². The van der Waals surface area contributed by atoms with Gasteiger partial charge in [-0.25, -0.2) is 4.79 Å². The summed E-state index contributed by atoms with van der Waals surface area (Å²) in [5, 5.41) is 9.20. The molecule has 2 heterocycles. The number of methoxy groups -OCH3 is 1. The van der Waals surface area contributed by atoms with Gasteiger partial charge in [0.15, 0.2) is 0 Å². The first kappa shape index (κ1) is 17.5. The molecule has 9 heteroatoms. The monoisotopic (exact) mass is 357 g/mol. The van der Waals surface area contributed by atoms with Crippen molar-refractivity contribution in [2.75, 3.05) is 19.0 Å². The van der Waals surface area contributed by atoms with Crippen LogP contribution in [0.3, 0.4) is 0 Å². The van der Waals surface area contributed by atoms with Crippen molar-refractivity contribution in [1.29, 1.82) is 0 Å². The van der Waals surface area contributed by atoms with Crippen molar-refractivity contribution in [3.63, 3.8) is 0 Å². The van der Waals surface area contributed by atoms with Crippen LogP contribution in [0, 0.1) is 0 Å². The van der Waals surface area contributed by atoms with E-state index in [-0.39, 0.29) is 6.54 Å². The Morgan fingerprint density at radius 3 is 2.58 bits per heavy atom. The Bertz CT molecular complexity index is 860. The van der Waals surface area contributed by atoms with Gasteiger partial charge in [-0.2, -0.15) is 5.10 Å². The molecule has 26 heavy (non-hydrogen) atoms. The SMILES string of the molecule is COc1ccc([C@@]2(C)NC(=O)N(CC(=O)Nc3cnn(C)c3)C2=O)cc1. The van der Waals surface area contributed by atoms with Crippen molar-refractivity contribution in [1.82, 2.24) is 20.0 Å². The molecular formula is C17H19N5O4. The predicted octanol–water partition coefficient (Wildman–Crippen LogP) is 0.834. The quantitative estimate of drug-likeness (QED) is 0.771. The average molecular weight is 357 g/mol. The zero-order chi connectivity index (χ0) is 18.9. The molecular weight excluding hydrogens is 338 g/mol. The fraction of sp³-hybridized carbons (Fsp3) is 0.294. The third-order valence-electron chi connectivity index (χ3n) is 4.23. The highest BCUT2D eigenvalue weighted by Gasteiger charge is 2.49. The molecule has 1 aromatic carbocycles. The van der Waals surface area contributed by atoms with Gasteiger partial charge in [-0.3, -0.25) is 19.2 Å². The number of hydrogen-bond donors (Lipinski definition) is 2. The minimum absolute atomic E-state index is 0.384. The normalized spacial score (nSPS) is 19.4. The predicted molar refractivity (Wildman–Crippen MR) is 92.4 cm³/mol. The highest BCUT2D eigenvalue weighted by molar-refractivity contribution is 6.10. The minimum Gasteiger partial charge on any atom is -0.497 e. The van der Waals surface area contributed by atoms with E-state index in [2.05, 4.69) is 15.7 Å². The summed E-state index contributed by atoms with van der Waals surface area (Å²) in [5.41, 5.74) is -0.146. The van der Waals surface area contributed by atoms with E-state index >= 15 is 0 Å². The Kier molecular flexibility index (Phi) is 4.37. The van der Waals surface area contributed by atoms with Gasteiger partial charge in [0.05, 0.1) is 19.0 Å². The summed E-state index contributed by atoms with van der Waals surface area (Å²) in [5.74, 6) is -0.337. The van der Waals surface area contributed by atoms with E-state index in [4.69, 9.17) is 4.74 Å². The molecule has 4 amide bonds. The maximum absolute atomic E-state index is 12.8. The Morgan fingerprint density at radius 2 is 2.00 bits per heavy atom. The van der Waals surface area contributed by atoms with Gasteiger partial charge in [0.2, 0.25) is 5.91 Å². The Hall–Kier alpha value is -3.36. The third kappa shape index (κ3) is 3.10. The van der Waals surface area contributed by atoms with Crippen LogP contribution < -0.4 is 15.4 Å². The fourth-order valence-electron chi connectivity index (χ4n) is 2.79. The highest BCUT2D eigenvalue weighted by atomic mass is 16.5. The van der Waals surface area contributed by atoms with Crippen molar-refractivity contribution >= 4 is 23.5 Å². The van der Waals surface area contributed by atoms with Crippen LogP contribution >= 0.6 is 0 Å². The van der Waals surface area contributed by atoms with Gasteiger partial charge in [-0.05, 0) is 24.6 Å². The van der Waals surface area contributed by atoms with E-state index in [1.54, 1.807) is 51.5 Å². The number of nitrogens with one attached hydrogen (secondary N) is 2. The Balaban J connectivity index is 1.74. The van der Waals surface area contributed by atoms with Crippen molar-refractivity contribution in [3.8, 4) is 5.75 Å². The molecule has 1 aromatic heterocycles. The molecule has 1 fully saturated rings. The first-order valence-corrected chi connectivity index (χ1v) is 7.90. The van der Waals surface area contributed by atoms with Crippen LogP contribution in [0.4, 0.5) is 10.5 Å². The second-order valence-corrected chi connectivity index (χ2v) is 6.13. The van der Waals surface area contributed by atoms with Crippen molar-refractivity contribution in [2.45, 2.75) is 12.5 Å². The van der Waals surface area contributed by atoms with E-state index in [0.29, 0.717) is 17.0 Å². The van der Waals surface area contributed by atoms with Crippen LogP contribution in [-0.4, -0.2) is 46.2 Å². The first-order chi connectivity index (χ1) is 12.3. The van der Waals surface area contributed by atoms with Crippen LogP contribution in [0.5, 0.6) is 5.75 Å². The number of aryl methyl sites for hydroxylation is 1. The summed E-state index contributed by atoms with van der Waals surface area (Å²) in [6.45, 7) is 1.22. The standard InChI is InChI=1S/C17H19N5O4/c1-17(11-4-6-13(26-3)7-5-11)15(24)22(16(25)20-17)10-14(23)19-12-8-18-21(2)9-12/h4-9H,10H2,1-3H3,(H,19,23)(H,20,25)/t17-/m1/s1. The summed E-state index contributed by atoms with van der Waals surface area (Å²) >= 11 is 0. The van der Waals surface area contributed by atoms with Gasteiger partial charge in [-0.1, -0.05) is 12.1 Å². The molecule has 0 aliphatic carbocycles. The molecule has 136 valence electrons. The molecule has 9 nitrogen and oxygen atoms in total. The second-order valence-electron chi connectivity index (χ2n) is 6.13. The van der Waals surface area contributed by atoms with Gasteiger partial charge in [0.1, 0.15) is 17.8 Å². The topological polar surface area (TPSA) is 106 Å². The van der Waals surface area contributed by atoms with Crippen LogP contribution in [0.2, 0.25) is 0 Å². The number of carbonyl (C=O) groups excluding carboxylic acids is 3.